The van der Waals surface area contributed by atoms with Gasteiger partial charge in [0.15, 0.2) is 0 Å². The Hall–Kier alpha value is -1.33. The fourth-order valence-electron chi connectivity index (χ4n) is 1.48. The smallest absolute Gasteiger partial charge is 0.239 e. The van der Waals surface area contributed by atoms with Crippen molar-refractivity contribution in [2.45, 2.75) is 19.9 Å². The molecule has 0 aromatic heterocycles. The lowest BCUT2D eigenvalue weighted by Gasteiger charge is -2.23. The number of rotatable bonds is 6. The van der Waals surface area contributed by atoms with Gasteiger partial charge in [-0.3, -0.25) is 4.79 Å². The number of carbonyl (C=O) groups is 1. The van der Waals surface area contributed by atoms with Crippen molar-refractivity contribution in [3.05, 3.63) is 30.1 Å². The maximum atomic E-state index is 12.7. The molecule has 2 N–H and O–H groups in total. The molecule has 1 aromatic carbocycles. The van der Waals surface area contributed by atoms with Crippen molar-refractivity contribution >= 4 is 18.3 Å². The molecule has 0 bridgehead atoms. The Labute approximate surface area is 125 Å². The summed E-state index contributed by atoms with van der Waals surface area (Å²) < 4.78 is 18.1. The van der Waals surface area contributed by atoms with Crippen LogP contribution in [0.1, 0.15) is 13.8 Å². The molecule has 0 aliphatic rings. The second-order valence-electron chi connectivity index (χ2n) is 4.83. The molecule has 4 nitrogen and oxygen atoms in total. The maximum absolute atomic E-state index is 12.7. The Balaban J connectivity index is 0.00000361. The lowest BCUT2D eigenvalue weighted by molar-refractivity contribution is -0.132. The SMILES string of the molecule is CC(C)[C@@H](N)C(=O)N(C)CCOc1ccc(F)cc1.Cl. The van der Waals surface area contributed by atoms with E-state index in [0.29, 0.717) is 18.9 Å². The molecule has 0 aliphatic heterocycles. The van der Waals surface area contributed by atoms with Crippen LogP contribution in [0.3, 0.4) is 0 Å². The van der Waals surface area contributed by atoms with Gasteiger partial charge in [0.25, 0.3) is 0 Å². The van der Waals surface area contributed by atoms with Crippen molar-refractivity contribution in [1.82, 2.24) is 4.90 Å². The number of hydrogen-bond donors (Lipinski definition) is 1. The zero-order valence-corrected chi connectivity index (χ0v) is 12.8. The summed E-state index contributed by atoms with van der Waals surface area (Å²) in [4.78, 5) is 13.4. The molecule has 20 heavy (non-hydrogen) atoms. The summed E-state index contributed by atoms with van der Waals surface area (Å²) in [5, 5.41) is 0. The first kappa shape index (κ1) is 18.7. The molecule has 0 spiro atoms. The van der Waals surface area contributed by atoms with E-state index in [1.165, 1.54) is 12.1 Å². The summed E-state index contributed by atoms with van der Waals surface area (Å²) >= 11 is 0. The molecule has 114 valence electrons. The molecule has 0 heterocycles. The Bertz CT molecular complexity index is 412. The van der Waals surface area contributed by atoms with Crippen LogP contribution in [0.4, 0.5) is 4.39 Å². The van der Waals surface area contributed by atoms with Crippen LogP contribution in [0.5, 0.6) is 5.75 Å². The van der Waals surface area contributed by atoms with Crippen LogP contribution in [-0.2, 0) is 4.79 Å². The average Bonchev–Trinajstić information content (AvgIpc) is 2.39. The van der Waals surface area contributed by atoms with Crippen LogP contribution >= 0.6 is 12.4 Å². The second kappa shape index (κ2) is 8.76. The average molecular weight is 305 g/mol. The number of benzene rings is 1. The molecular weight excluding hydrogens is 283 g/mol. The maximum Gasteiger partial charge on any atom is 0.239 e. The van der Waals surface area contributed by atoms with E-state index < -0.39 is 6.04 Å². The van der Waals surface area contributed by atoms with Crippen LogP contribution < -0.4 is 10.5 Å². The molecule has 0 saturated carbocycles. The van der Waals surface area contributed by atoms with Crippen LogP contribution in [0.25, 0.3) is 0 Å². The molecule has 6 heteroatoms. The lowest BCUT2D eigenvalue weighted by atomic mass is 10.0. The molecular formula is C14H22ClFN2O2. The first-order chi connectivity index (χ1) is 8.91. The highest BCUT2D eigenvalue weighted by molar-refractivity contribution is 5.85. The molecule has 0 aliphatic carbocycles. The van der Waals surface area contributed by atoms with E-state index in [9.17, 15) is 9.18 Å². The summed E-state index contributed by atoms with van der Waals surface area (Å²) in [6, 6.07) is 5.28. The summed E-state index contributed by atoms with van der Waals surface area (Å²) in [6.07, 6.45) is 0. The van der Waals surface area contributed by atoms with Gasteiger partial charge in [-0.05, 0) is 30.2 Å². The Morgan fingerprint density at radius 1 is 1.35 bits per heavy atom. The van der Waals surface area contributed by atoms with E-state index in [1.54, 1.807) is 24.1 Å². The van der Waals surface area contributed by atoms with Crippen molar-refractivity contribution in [2.75, 3.05) is 20.2 Å². The summed E-state index contributed by atoms with van der Waals surface area (Å²) in [7, 11) is 1.69. The monoisotopic (exact) mass is 304 g/mol. The summed E-state index contributed by atoms with van der Waals surface area (Å²) in [5.74, 6) is 0.281. The third kappa shape index (κ3) is 5.75. The van der Waals surface area contributed by atoms with Crippen molar-refractivity contribution in [2.24, 2.45) is 11.7 Å². The number of hydrogen-bond acceptors (Lipinski definition) is 3. The Morgan fingerprint density at radius 2 is 1.90 bits per heavy atom. The van der Waals surface area contributed by atoms with Crippen molar-refractivity contribution < 1.29 is 13.9 Å². The zero-order valence-electron chi connectivity index (χ0n) is 12.0. The minimum atomic E-state index is -0.490. The topological polar surface area (TPSA) is 55.6 Å². The number of nitrogens with zero attached hydrogens (tertiary/aromatic N) is 1. The van der Waals surface area contributed by atoms with Gasteiger partial charge in [0, 0.05) is 7.05 Å². The Kier molecular flexibility index (Phi) is 8.18. The normalized spacial score (nSPS) is 11.7. The molecule has 1 atom stereocenters. The quantitative estimate of drug-likeness (QED) is 0.875. The minimum absolute atomic E-state index is 0. The van der Waals surface area contributed by atoms with Gasteiger partial charge >= 0.3 is 0 Å². The van der Waals surface area contributed by atoms with E-state index in [-0.39, 0.29) is 30.0 Å². The highest BCUT2D eigenvalue weighted by Gasteiger charge is 2.20. The van der Waals surface area contributed by atoms with Gasteiger partial charge in [0.2, 0.25) is 5.91 Å². The van der Waals surface area contributed by atoms with Gasteiger partial charge in [-0.1, -0.05) is 13.8 Å². The Morgan fingerprint density at radius 3 is 2.40 bits per heavy atom. The molecule has 1 aromatic rings. The van der Waals surface area contributed by atoms with Gasteiger partial charge in [0.1, 0.15) is 18.2 Å². The van der Waals surface area contributed by atoms with Crippen molar-refractivity contribution in [3.63, 3.8) is 0 Å². The molecule has 0 saturated heterocycles. The van der Waals surface area contributed by atoms with Gasteiger partial charge in [-0.2, -0.15) is 0 Å². The van der Waals surface area contributed by atoms with Gasteiger partial charge in [0.05, 0.1) is 12.6 Å². The predicted molar refractivity (Wildman–Crippen MR) is 79.6 cm³/mol. The number of nitrogens with two attached hydrogens (primary N) is 1. The first-order valence-corrected chi connectivity index (χ1v) is 6.30. The zero-order chi connectivity index (χ0) is 14.4. The fourth-order valence-corrected chi connectivity index (χ4v) is 1.48. The van der Waals surface area contributed by atoms with Crippen LogP contribution in [0.15, 0.2) is 24.3 Å². The van der Waals surface area contributed by atoms with Gasteiger partial charge in [-0.25, -0.2) is 4.39 Å². The highest BCUT2D eigenvalue weighted by Crippen LogP contribution is 2.11. The van der Waals surface area contributed by atoms with Crippen LogP contribution in [0, 0.1) is 11.7 Å². The standard InChI is InChI=1S/C14H21FN2O2.ClH/c1-10(2)13(16)14(18)17(3)8-9-19-12-6-4-11(15)5-7-12;/h4-7,10,13H,8-9,16H2,1-3H3;1H/t13-;/m1./s1. The second-order valence-corrected chi connectivity index (χ2v) is 4.83. The van der Waals surface area contributed by atoms with E-state index >= 15 is 0 Å². The fraction of sp³-hybridized carbons (Fsp3) is 0.500. The van der Waals surface area contributed by atoms with Crippen molar-refractivity contribution in [3.8, 4) is 5.75 Å². The number of likely N-dealkylation sites (N-methyl/N-ethyl adjacent to an activating group) is 1. The third-order valence-corrected chi connectivity index (χ3v) is 2.89. The van der Waals surface area contributed by atoms with Gasteiger partial charge < -0.3 is 15.4 Å². The molecule has 0 unspecified atom stereocenters. The van der Waals surface area contributed by atoms with E-state index in [4.69, 9.17) is 10.5 Å². The molecule has 1 amide bonds. The molecule has 0 radical (unpaired) electrons. The molecule has 1 rings (SSSR count). The molecule has 0 fully saturated rings. The van der Waals surface area contributed by atoms with E-state index in [2.05, 4.69) is 0 Å². The van der Waals surface area contributed by atoms with Crippen LogP contribution in [-0.4, -0.2) is 37.0 Å². The first-order valence-electron chi connectivity index (χ1n) is 6.30. The van der Waals surface area contributed by atoms with Crippen molar-refractivity contribution in [1.29, 1.82) is 0 Å². The van der Waals surface area contributed by atoms with Crippen LogP contribution in [0.2, 0.25) is 0 Å². The number of halogens is 2. The van der Waals surface area contributed by atoms with E-state index in [0.717, 1.165) is 0 Å². The number of ether oxygens (including phenoxy) is 1. The summed E-state index contributed by atoms with van der Waals surface area (Å²) in [5.41, 5.74) is 5.79. The number of amides is 1. The summed E-state index contributed by atoms with van der Waals surface area (Å²) in [6.45, 7) is 4.60. The van der Waals surface area contributed by atoms with Gasteiger partial charge in [-0.15, -0.1) is 12.4 Å². The largest absolute Gasteiger partial charge is 0.492 e. The van der Waals surface area contributed by atoms with E-state index in [1.807, 2.05) is 13.8 Å². The minimum Gasteiger partial charge on any atom is -0.492 e. The third-order valence-electron chi connectivity index (χ3n) is 2.89. The highest BCUT2D eigenvalue weighted by atomic mass is 35.5. The number of carbonyl (C=O) groups excluding carboxylic acids is 1. The lowest BCUT2D eigenvalue weighted by Crippen LogP contribution is -2.46. The predicted octanol–water partition coefficient (Wildman–Crippen LogP) is 2.07.